The molecular formula is C20H23N3O2S. The monoisotopic (exact) mass is 369 g/mol. The maximum Gasteiger partial charge on any atom is 0.281 e. The summed E-state index contributed by atoms with van der Waals surface area (Å²) in [7, 11) is 0. The maximum atomic E-state index is 12.4. The number of amides is 2. The lowest BCUT2D eigenvalue weighted by atomic mass is 9.90. The van der Waals surface area contributed by atoms with E-state index >= 15 is 0 Å². The molecule has 0 saturated carbocycles. The number of aryl methyl sites for hydroxylation is 1. The molecule has 2 N–H and O–H groups in total. The van der Waals surface area contributed by atoms with E-state index in [-0.39, 0.29) is 11.8 Å². The SMILES string of the molecule is CC(=O)Nc1cccc(/C(C)=N\NC(=O)c2cc3c(s2)CC[C@@H](C)C3)c1. The fraction of sp³-hybridized carbons (Fsp3) is 0.350. The summed E-state index contributed by atoms with van der Waals surface area (Å²) in [6, 6.07) is 9.39. The van der Waals surface area contributed by atoms with Gasteiger partial charge in [-0.15, -0.1) is 11.3 Å². The molecule has 1 aliphatic rings. The molecule has 136 valence electrons. The van der Waals surface area contributed by atoms with Crippen LogP contribution in [0.1, 0.15) is 52.9 Å². The lowest BCUT2D eigenvalue weighted by Crippen LogP contribution is -2.18. The largest absolute Gasteiger partial charge is 0.326 e. The summed E-state index contributed by atoms with van der Waals surface area (Å²) >= 11 is 1.57. The van der Waals surface area contributed by atoms with Crippen LogP contribution in [0.4, 0.5) is 5.69 Å². The molecule has 1 aromatic heterocycles. The molecule has 0 aliphatic heterocycles. The molecule has 5 nitrogen and oxygen atoms in total. The van der Waals surface area contributed by atoms with Gasteiger partial charge in [-0.3, -0.25) is 9.59 Å². The van der Waals surface area contributed by atoms with Crippen molar-refractivity contribution in [3.05, 3.63) is 51.2 Å². The average Bonchev–Trinajstić information content (AvgIpc) is 3.02. The van der Waals surface area contributed by atoms with Gasteiger partial charge in [0.15, 0.2) is 0 Å². The molecule has 0 saturated heterocycles. The normalized spacial score (nSPS) is 16.7. The van der Waals surface area contributed by atoms with E-state index in [1.165, 1.54) is 23.8 Å². The van der Waals surface area contributed by atoms with E-state index < -0.39 is 0 Å². The first-order valence-corrected chi connectivity index (χ1v) is 9.58. The molecule has 1 aliphatic carbocycles. The summed E-state index contributed by atoms with van der Waals surface area (Å²) in [6.45, 7) is 5.55. The van der Waals surface area contributed by atoms with Crippen LogP contribution in [0.25, 0.3) is 0 Å². The van der Waals surface area contributed by atoms with Crippen molar-refractivity contribution in [1.82, 2.24) is 5.43 Å². The molecule has 0 radical (unpaired) electrons. The van der Waals surface area contributed by atoms with E-state index in [4.69, 9.17) is 0 Å². The van der Waals surface area contributed by atoms with Crippen LogP contribution in [0.3, 0.4) is 0 Å². The van der Waals surface area contributed by atoms with Crippen molar-refractivity contribution in [3.63, 3.8) is 0 Å². The number of anilines is 1. The number of nitrogens with zero attached hydrogens (tertiary/aromatic N) is 1. The van der Waals surface area contributed by atoms with Crippen molar-refractivity contribution in [2.75, 3.05) is 5.32 Å². The van der Waals surface area contributed by atoms with E-state index in [0.717, 1.165) is 18.4 Å². The van der Waals surface area contributed by atoms with Crippen molar-refractivity contribution in [2.45, 2.75) is 40.0 Å². The first-order chi connectivity index (χ1) is 12.4. The van der Waals surface area contributed by atoms with E-state index in [2.05, 4.69) is 22.8 Å². The Kier molecular flexibility index (Phi) is 5.52. The van der Waals surface area contributed by atoms with Crippen molar-refractivity contribution in [3.8, 4) is 0 Å². The number of thiophene rings is 1. The molecule has 2 amide bonds. The van der Waals surface area contributed by atoms with Crippen LogP contribution in [0, 0.1) is 5.92 Å². The number of carbonyl (C=O) groups excluding carboxylic acids is 2. The first kappa shape index (κ1) is 18.3. The van der Waals surface area contributed by atoms with Gasteiger partial charge < -0.3 is 5.32 Å². The fourth-order valence-electron chi connectivity index (χ4n) is 3.10. The van der Waals surface area contributed by atoms with Crippen LogP contribution < -0.4 is 10.7 Å². The van der Waals surface area contributed by atoms with Crippen molar-refractivity contribution in [1.29, 1.82) is 0 Å². The van der Waals surface area contributed by atoms with E-state index in [9.17, 15) is 9.59 Å². The smallest absolute Gasteiger partial charge is 0.281 e. The molecule has 26 heavy (non-hydrogen) atoms. The minimum absolute atomic E-state index is 0.124. The Labute approximate surface area is 157 Å². The molecule has 1 atom stereocenters. The van der Waals surface area contributed by atoms with Crippen molar-refractivity contribution in [2.24, 2.45) is 11.0 Å². The van der Waals surface area contributed by atoms with Crippen LogP contribution >= 0.6 is 11.3 Å². The summed E-state index contributed by atoms with van der Waals surface area (Å²) in [5, 5.41) is 6.97. The topological polar surface area (TPSA) is 70.6 Å². The highest BCUT2D eigenvalue weighted by atomic mass is 32.1. The van der Waals surface area contributed by atoms with Crippen molar-refractivity contribution < 1.29 is 9.59 Å². The summed E-state index contributed by atoms with van der Waals surface area (Å²) in [6.07, 6.45) is 3.31. The van der Waals surface area contributed by atoms with Gasteiger partial charge in [0.05, 0.1) is 10.6 Å². The Morgan fingerprint density at radius 2 is 2.04 bits per heavy atom. The predicted octanol–water partition coefficient (Wildman–Crippen LogP) is 3.99. The second-order valence-electron chi connectivity index (χ2n) is 6.81. The molecule has 0 bridgehead atoms. The van der Waals surface area contributed by atoms with E-state index in [0.29, 0.717) is 22.2 Å². The van der Waals surface area contributed by atoms with Crippen molar-refractivity contribution >= 4 is 34.6 Å². The van der Waals surface area contributed by atoms with Crippen LogP contribution in [0.15, 0.2) is 35.4 Å². The zero-order valence-corrected chi connectivity index (χ0v) is 16.1. The Balaban J connectivity index is 1.69. The standard InChI is InChI=1S/C20H23N3O2S/c1-12-7-8-18-16(9-12)11-19(26-18)20(25)23-22-13(2)15-5-4-6-17(10-15)21-14(3)24/h4-6,10-12H,7-9H2,1-3H3,(H,21,24)(H,23,25)/b22-13-/t12-/m1/s1. The molecule has 0 unspecified atom stereocenters. The number of hydrogen-bond acceptors (Lipinski definition) is 4. The fourth-order valence-corrected chi connectivity index (χ4v) is 4.20. The van der Waals surface area contributed by atoms with Gasteiger partial charge in [0.2, 0.25) is 5.91 Å². The van der Waals surface area contributed by atoms with Gasteiger partial charge in [0.1, 0.15) is 0 Å². The first-order valence-electron chi connectivity index (χ1n) is 8.76. The minimum atomic E-state index is -0.172. The number of hydrogen-bond donors (Lipinski definition) is 2. The van der Waals surface area contributed by atoms with Gasteiger partial charge in [-0.25, -0.2) is 5.43 Å². The number of fused-ring (bicyclic) bond motifs is 1. The highest BCUT2D eigenvalue weighted by molar-refractivity contribution is 7.14. The van der Waals surface area contributed by atoms with Crippen LogP contribution in [-0.4, -0.2) is 17.5 Å². The highest BCUT2D eigenvalue weighted by Crippen LogP contribution is 2.32. The Hall–Kier alpha value is -2.47. The van der Waals surface area contributed by atoms with Gasteiger partial charge in [0.25, 0.3) is 5.91 Å². The summed E-state index contributed by atoms with van der Waals surface area (Å²) in [5.41, 5.74) is 6.19. The third-order valence-corrected chi connectivity index (χ3v) is 5.71. The molecule has 6 heteroatoms. The second kappa shape index (κ2) is 7.83. The molecule has 2 aromatic rings. The van der Waals surface area contributed by atoms with Gasteiger partial charge in [-0.05, 0) is 61.4 Å². The molecule has 1 heterocycles. The van der Waals surface area contributed by atoms with E-state index in [1.54, 1.807) is 11.3 Å². The minimum Gasteiger partial charge on any atom is -0.326 e. The van der Waals surface area contributed by atoms with Crippen LogP contribution in [0.2, 0.25) is 0 Å². The quantitative estimate of drug-likeness (QED) is 0.632. The van der Waals surface area contributed by atoms with Gasteiger partial charge in [-0.2, -0.15) is 5.10 Å². The average molecular weight is 369 g/mol. The lowest BCUT2D eigenvalue weighted by molar-refractivity contribution is -0.114. The Morgan fingerprint density at radius 3 is 2.81 bits per heavy atom. The molecular weight excluding hydrogens is 346 g/mol. The third-order valence-electron chi connectivity index (χ3n) is 4.48. The molecule has 3 rings (SSSR count). The maximum absolute atomic E-state index is 12.4. The number of benzene rings is 1. The molecule has 0 fully saturated rings. The van der Waals surface area contributed by atoms with E-state index in [1.807, 2.05) is 37.3 Å². The Morgan fingerprint density at radius 1 is 1.23 bits per heavy atom. The van der Waals surface area contributed by atoms with Gasteiger partial charge >= 0.3 is 0 Å². The number of hydrazone groups is 1. The van der Waals surface area contributed by atoms with Crippen LogP contribution in [-0.2, 0) is 17.6 Å². The zero-order valence-electron chi connectivity index (χ0n) is 15.3. The van der Waals surface area contributed by atoms with Gasteiger partial charge in [0, 0.05) is 17.5 Å². The number of nitrogens with one attached hydrogen (secondary N) is 2. The third kappa shape index (κ3) is 4.38. The summed E-state index contributed by atoms with van der Waals surface area (Å²) < 4.78 is 0. The number of rotatable bonds is 4. The lowest BCUT2D eigenvalue weighted by Gasteiger charge is -2.16. The summed E-state index contributed by atoms with van der Waals surface area (Å²) in [4.78, 5) is 25.6. The zero-order chi connectivity index (χ0) is 18.7. The molecule has 0 spiro atoms. The summed E-state index contributed by atoms with van der Waals surface area (Å²) in [5.74, 6) is 0.389. The highest BCUT2D eigenvalue weighted by Gasteiger charge is 2.20. The Bertz CT molecular complexity index is 870. The van der Waals surface area contributed by atoms with Crippen LogP contribution in [0.5, 0.6) is 0 Å². The molecule has 1 aromatic carbocycles. The van der Waals surface area contributed by atoms with Gasteiger partial charge in [-0.1, -0.05) is 19.1 Å². The number of carbonyl (C=O) groups is 2. The second-order valence-corrected chi connectivity index (χ2v) is 7.94. The predicted molar refractivity (Wildman–Crippen MR) is 106 cm³/mol.